The number of aryl methyl sites for hydroxylation is 2. The highest BCUT2D eigenvalue weighted by Crippen LogP contribution is 2.38. The molecule has 3 aromatic rings. The summed E-state index contributed by atoms with van der Waals surface area (Å²) in [5, 5.41) is 5.80. The van der Waals surface area contributed by atoms with Crippen LogP contribution in [0.3, 0.4) is 0 Å². The van der Waals surface area contributed by atoms with Crippen molar-refractivity contribution in [2.24, 2.45) is 0 Å². The average molecular weight is 457 g/mol. The Morgan fingerprint density at radius 3 is 2.42 bits per heavy atom. The summed E-state index contributed by atoms with van der Waals surface area (Å²) in [4.78, 5) is 33.0. The van der Waals surface area contributed by atoms with Gasteiger partial charge in [0.2, 0.25) is 5.91 Å². The third-order valence-corrected chi connectivity index (χ3v) is 5.66. The summed E-state index contributed by atoms with van der Waals surface area (Å²) in [5.41, 5.74) is 3.81. The van der Waals surface area contributed by atoms with Crippen LogP contribution in [0.25, 0.3) is 0 Å². The first-order chi connectivity index (χ1) is 14.8. The van der Waals surface area contributed by atoms with Crippen LogP contribution in [0.4, 0.5) is 11.4 Å². The van der Waals surface area contributed by atoms with Crippen LogP contribution in [0.1, 0.15) is 33.1 Å². The van der Waals surface area contributed by atoms with Gasteiger partial charge in [-0.05, 0) is 43.2 Å². The lowest BCUT2D eigenvalue weighted by Crippen LogP contribution is -2.22. The molecule has 0 saturated heterocycles. The molecule has 1 atom stereocenters. The van der Waals surface area contributed by atoms with E-state index in [-0.39, 0.29) is 33.9 Å². The summed E-state index contributed by atoms with van der Waals surface area (Å²) in [7, 11) is 0. The second-order valence-corrected chi connectivity index (χ2v) is 8.00. The fourth-order valence-electron chi connectivity index (χ4n) is 3.28. The molecule has 0 bridgehead atoms. The van der Waals surface area contributed by atoms with Gasteiger partial charge in [-0.3, -0.25) is 14.6 Å². The van der Waals surface area contributed by atoms with Gasteiger partial charge >= 0.3 is 0 Å². The first-order valence-electron chi connectivity index (χ1n) is 9.44. The molecular weight excluding hydrogens is 439 g/mol. The summed E-state index contributed by atoms with van der Waals surface area (Å²) in [5.74, 6) is -0.450. The number of ether oxygens (including phenoxy) is 1. The Balaban J connectivity index is 1.51. The monoisotopic (exact) mass is 456 g/mol. The Kier molecular flexibility index (Phi) is 5.80. The van der Waals surface area contributed by atoms with Crippen LogP contribution in [-0.2, 0) is 4.79 Å². The van der Waals surface area contributed by atoms with Crippen LogP contribution in [0.2, 0.25) is 10.0 Å². The Morgan fingerprint density at radius 1 is 1.03 bits per heavy atom. The number of anilines is 2. The second-order valence-electron chi connectivity index (χ2n) is 7.19. The molecule has 9 heteroatoms. The molecule has 158 valence electrons. The maximum Gasteiger partial charge on any atom is 0.275 e. The zero-order valence-corrected chi connectivity index (χ0v) is 18.2. The zero-order chi connectivity index (χ0) is 22.1. The molecule has 0 spiro atoms. The van der Waals surface area contributed by atoms with Crippen molar-refractivity contribution in [3.63, 3.8) is 0 Å². The highest BCUT2D eigenvalue weighted by molar-refractivity contribution is 6.40. The molecule has 0 fully saturated rings. The Hall–Kier alpha value is -3.16. The van der Waals surface area contributed by atoms with Crippen LogP contribution in [0.15, 0.2) is 42.9 Å². The maximum atomic E-state index is 12.9. The quantitative estimate of drug-likeness (QED) is 0.589. The number of nitrogens with one attached hydrogen (secondary N) is 2. The molecule has 2 N–H and O–H groups in total. The van der Waals surface area contributed by atoms with Crippen molar-refractivity contribution in [2.45, 2.75) is 19.8 Å². The predicted octanol–water partition coefficient (Wildman–Crippen LogP) is 4.77. The van der Waals surface area contributed by atoms with E-state index in [1.807, 2.05) is 26.0 Å². The molecule has 1 aromatic heterocycles. The standard InChI is InChI=1S/C22H18Cl2N4O3/c1-11-5-14-15(10-31-19(14)6-12(11)2)21(29)27-13-7-16(23)20(17(24)8-13)28-22(30)18-9-25-3-4-26-18/h3-9,15H,10H2,1-2H3,(H,27,29)(H,28,30). The molecule has 1 aliphatic heterocycles. The Bertz CT molecular complexity index is 1160. The topological polar surface area (TPSA) is 93.2 Å². The molecular formula is C22H18Cl2N4O3. The summed E-state index contributed by atoms with van der Waals surface area (Å²) in [6.45, 7) is 4.26. The number of hydrogen-bond donors (Lipinski definition) is 2. The normalized spacial score (nSPS) is 14.5. The smallest absolute Gasteiger partial charge is 0.275 e. The number of carbonyl (C=O) groups excluding carboxylic acids is 2. The first-order valence-corrected chi connectivity index (χ1v) is 10.2. The largest absolute Gasteiger partial charge is 0.492 e. The molecule has 0 saturated carbocycles. The van der Waals surface area contributed by atoms with E-state index in [1.54, 1.807) is 0 Å². The molecule has 2 heterocycles. The highest BCUT2D eigenvalue weighted by Gasteiger charge is 2.31. The van der Waals surface area contributed by atoms with Gasteiger partial charge in [0, 0.05) is 23.6 Å². The Morgan fingerprint density at radius 2 is 1.74 bits per heavy atom. The van der Waals surface area contributed by atoms with E-state index >= 15 is 0 Å². The van der Waals surface area contributed by atoms with Crippen molar-refractivity contribution in [1.29, 1.82) is 0 Å². The van der Waals surface area contributed by atoms with Crippen LogP contribution < -0.4 is 15.4 Å². The number of fused-ring (bicyclic) bond motifs is 1. The van der Waals surface area contributed by atoms with E-state index in [9.17, 15) is 9.59 Å². The first kappa shape index (κ1) is 21.1. The summed E-state index contributed by atoms with van der Waals surface area (Å²) < 4.78 is 5.69. The molecule has 4 rings (SSSR count). The third kappa shape index (κ3) is 4.33. The van der Waals surface area contributed by atoms with Gasteiger partial charge in [0.1, 0.15) is 24.0 Å². The SMILES string of the molecule is Cc1cc2c(cc1C)C(C(=O)Nc1cc(Cl)c(NC(=O)c3cnccn3)c(Cl)c1)CO2. The van der Waals surface area contributed by atoms with Crippen LogP contribution in [0.5, 0.6) is 5.75 Å². The summed E-state index contributed by atoms with van der Waals surface area (Å²) in [6.07, 6.45) is 4.20. The summed E-state index contributed by atoms with van der Waals surface area (Å²) in [6, 6.07) is 6.97. The lowest BCUT2D eigenvalue weighted by molar-refractivity contribution is -0.117. The number of amides is 2. The van der Waals surface area contributed by atoms with Gasteiger partial charge in [-0.25, -0.2) is 4.98 Å². The zero-order valence-electron chi connectivity index (χ0n) is 16.7. The molecule has 0 aliphatic carbocycles. The fraction of sp³-hybridized carbons (Fsp3) is 0.182. The number of benzene rings is 2. The minimum atomic E-state index is -0.501. The number of hydrogen-bond acceptors (Lipinski definition) is 5. The molecule has 2 amide bonds. The Labute approximate surface area is 188 Å². The van der Waals surface area contributed by atoms with E-state index in [2.05, 4.69) is 20.6 Å². The van der Waals surface area contributed by atoms with Crippen LogP contribution in [0, 0.1) is 13.8 Å². The van der Waals surface area contributed by atoms with E-state index in [0.717, 1.165) is 22.4 Å². The van der Waals surface area contributed by atoms with Crippen molar-refractivity contribution in [3.05, 3.63) is 75.3 Å². The van der Waals surface area contributed by atoms with E-state index in [0.29, 0.717) is 5.69 Å². The molecule has 31 heavy (non-hydrogen) atoms. The van der Waals surface area contributed by atoms with Crippen LogP contribution in [-0.4, -0.2) is 28.4 Å². The minimum Gasteiger partial charge on any atom is -0.492 e. The number of rotatable bonds is 4. The van der Waals surface area contributed by atoms with Crippen molar-refractivity contribution in [3.8, 4) is 5.75 Å². The van der Waals surface area contributed by atoms with Gasteiger partial charge in [-0.1, -0.05) is 29.3 Å². The molecule has 1 aliphatic rings. The van der Waals surface area contributed by atoms with Gasteiger partial charge in [0.05, 0.1) is 21.9 Å². The van der Waals surface area contributed by atoms with E-state index < -0.39 is 11.8 Å². The van der Waals surface area contributed by atoms with Crippen molar-refractivity contribution < 1.29 is 14.3 Å². The summed E-state index contributed by atoms with van der Waals surface area (Å²) >= 11 is 12.6. The highest BCUT2D eigenvalue weighted by atomic mass is 35.5. The molecule has 2 aromatic carbocycles. The van der Waals surface area contributed by atoms with Gasteiger partial charge in [0.15, 0.2) is 0 Å². The van der Waals surface area contributed by atoms with Gasteiger partial charge < -0.3 is 15.4 Å². The van der Waals surface area contributed by atoms with Gasteiger partial charge in [-0.2, -0.15) is 0 Å². The maximum absolute atomic E-state index is 12.9. The number of aromatic nitrogens is 2. The predicted molar refractivity (Wildman–Crippen MR) is 119 cm³/mol. The van der Waals surface area contributed by atoms with E-state index in [1.165, 1.54) is 30.7 Å². The third-order valence-electron chi connectivity index (χ3n) is 5.07. The minimum absolute atomic E-state index is 0.123. The van der Waals surface area contributed by atoms with Crippen LogP contribution >= 0.6 is 23.2 Å². The number of halogens is 2. The average Bonchev–Trinajstić information content (AvgIpc) is 3.14. The number of nitrogens with zero attached hydrogens (tertiary/aromatic N) is 2. The fourth-order valence-corrected chi connectivity index (χ4v) is 3.86. The lowest BCUT2D eigenvalue weighted by atomic mass is 9.96. The van der Waals surface area contributed by atoms with Crippen molar-refractivity contribution >= 4 is 46.4 Å². The second kappa shape index (κ2) is 8.53. The number of carbonyl (C=O) groups is 2. The molecule has 1 unspecified atom stereocenters. The molecule has 7 nitrogen and oxygen atoms in total. The lowest BCUT2D eigenvalue weighted by Gasteiger charge is -2.14. The van der Waals surface area contributed by atoms with Gasteiger partial charge in [-0.15, -0.1) is 0 Å². The molecule has 0 radical (unpaired) electrons. The van der Waals surface area contributed by atoms with Crippen molar-refractivity contribution in [1.82, 2.24) is 9.97 Å². The van der Waals surface area contributed by atoms with E-state index in [4.69, 9.17) is 27.9 Å². The van der Waals surface area contributed by atoms with Gasteiger partial charge in [0.25, 0.3) is 5.91 Å². The van der Waals surface area contributed by atoms with Crippen molar-refractivity contribution in [2.75, 3.05) is 17.2 Å².